The predicted octanol–water partition coefficient (Wildman–Crippen LogP) is 0.304. The van der Waals surface area contributed by atoms with Crippen molar-refractivity contribution in [3.8, 4) is 0 Å². The number of amides is 1. The quantitative estimate of drug-likeness (QED) is 0.755. The van der Waals surface area contributed by atoms with E-state index in [0.717, 1.165) is 11.4 Å². The minimum absolute atomic E-state index is 0.104. The fourth-order valence-electron chi connectivity index (χ4n) is 2.06. The van der Waals surface area contributed by atoms with Crippen LogP contribution in [-0.4, -0.2) is 56.6 Å². The summed E-state index contributed by atoms with van der Waals surface area (Å²) in [7, 11) is 3.21. The number of carbonyl (C=O) groups is 2. The Hall–Kier alpha value is -2.51. The maximum absolute atomic E-state index is 11.9. The van der Waals surface area contributed by atoms with Gasteiger partial charge in [0, 0.05) is 25.5 Å². The highest BCUT2D eigenvalue weighted by atomic mass is 16.5. The molecule has 0 aliphatic rings. The molecule has 0 saturated carbocycles. The average Bonchev–Trinajstić information content (AvgIpc) is 2.79. The van der Waals surface area contributed by atoms with E-state index in [1.807, 2.05) is 19.9 Å². The third-order valence-electron chi connectivity index (χ3n) is 3.06. The SMILES string of the molecule is Cc1cc(C)n2nc(CC(=O)OC(C)C(=O)N(C)C)nc2n1. The highest BCUT2D eigenvalue weighted by Gasteiger charge is 2.21. The Kier molecular flexibility index (Phi) is 4.39. The van der Waals surface area contributed by atoms with Crippen LogP contribution in [0.2, 0.25) is 0 Å². The molecule has 2 aromatic rings. The number of ether oxygens (including phenoxy) is 1. The number of carbonyl (C=O) groups excluding carboxylic acids is 2. The highest BCUT2D eigenvalue weighted by molar-refractivity contribution is 5.83. The van der Waals surface area contributed by atoms with Crippen molar-refractivity contribution in [3.63, 3.8) is 0 Å². The standard InChI is InChI=1S/C14H19N5O3/c1-8-6-9(2)19-14(15-8)16-11(17-19)7-12(20)22-10(3)13(21)18(4)5/h6,10H,7H2,1-5H3. The van der Waals surface area contributed by atoms with E-state index in [4.69, 9.17) is 4.74 Å². The topological polar surface area (TPSA) is 89.7 Å². The van der Waals surface area contributed by atoms with Crippen LogP contribution in [0.1, 0.15) is 24.1 Å². The van der Waals surface area contributed by atoms with Crippen LogP contribution < -0.4 is 0 Å². The molecule has 2 aromatic heterocycles. The number of rotatable bonds is 4. The van der Waals surface area contributed by atoms with Gasteiger partial charge in [-0.05, 0) is 26.8 Å². The van der Waals surface area contributed by atoms with Gasteiger partial charge in [0.2, 0.25) is 0 Å². The summed E-state index contributed by atoms with van der Waals surface area (Å²) in [6.45, 7) is 5.28. The summed E-state index contributed by atoms with van der Waals surface area (Å²) >= 11 is 0. The number of likely N-dealkylation sites (N-methyl/N-ethyl adjacent to an activating group) is 1. The average molecular weight is 305 g/mol. The van der Waals surface area contributed by atoms with Crippen LogP contribution in [0.5, 0.6) is 0 Å². The molecule has 22 heavy (non-hydrogen) atoms. The zero-order valence-corrected chi connectivity index (χ0v) is 13.3. The van der Waals surface area contributed by atoms with E-state index in [1.165, 1.54) is 11.8 Å². The van der Waals surface area contributed by atoms with E-state index in [0.29, 0.717) is 11.6 Å². The maximum Gasteiger partial charge on any atom is 0.314 e. The molecule has 0 spiro atoms. The first-order chi connectivity index (χ1) is 10.3. The predicted molar refractivity (Wildman–Crippen MR) is 78.2 cm³/mol. The van der Waals surface area contributed by atoms with E-state index >= 15 is 0 Å². The molecule has 118 valence electrons. The van der Waals surface area contributed by atoms with E-state index in [9.17, 15) is 9.59 Å². The second-order valence-corrected chi connectivity index (χ2v) is 5.32. The second kappa shape index (κ2) is 6.08. The van der Waals surface area contributed by atoms with Crippen LogP contribution in [0.4, 0.5) is 0 Å². The van der Waals surface area contributed by atoms with Gasteiger partial charge in [0.25, 0.3) is 11.7 Å². The number of hydrogen-bond donors (Lipinski definition) is 0. The van der Waals surface area contributed by atoms with Gasteiger partial charge >= 0.3 is 5.97 Å². The fraction of sp³-hybridized carbons (Fsp3) is 0.500. The molecule has 8 heteroatoms. The summed E-state index contributed by atoms with van der Waals surface area (Å²) in [4.78, 5) is 33.4. The summed E-state index contributed by atoms with van der Waals surface area (Å²) in [5.41, 5.74) is 1.71. The van der Waals surface area contributed by atoms with Gasteiger partial charge in [-0.15, -0.1) is 5.10 Å². The molecule has 0 fully saturated rings. The van der Waals surface area contributed by atoms with Crippen LogP contribution in [0.3, 0.4) is 0 Å². The normalized spacial score (nSPS) is 12.2. The molecule has 8 nitrogen and oxygen atoms in total. The third kappa shape index (κ3) is 3.38. The van der Waals surface area contributed by atoms with E-state index < -0.39 is 12.1 Å². The Balaban J connectivity index is 2.09. The van der Waals surface area contributed by atoms with Gasteiger partial charge in [-0.2, -0.15) is 4.98 Å². The molecule has 0 radical (unpaired) electrons. The van der Waals surface area contributed by atoms with Crippen LogP contribution in [0.15, 0.2) is 6.07 Å². The Morgan fingerprint density at radius 3 is 2.64 bits per heavy atom. The number of fused-ring (bicyclic) bond motifs is 1. The summed E-state index contributed by atoms with van der Waals surface area (Å²) < 4.78 is 6.66. The van der Waals surface area contributed by atoms with Crippen molar-refractivity contribution in [2.75, 3.05) is 14.1 Å². The van der Waals surface area contributed by atoms with Crippen LogP contribution in [-0.2, 0) is 20.7 Å². The molecule has 2 rings (SSSR count). The van der Waals surface area contributed by atoms with Gasteiger partial charge in [0.05, 0.1) is 0 Å². The molecule has 0 saturated heterocycles. The molecule has 0 aliphatic carbocycles. The first-order valence-electron chi connectivity index (χ1n) is 6.88. The number of hydrogen-bond acceptors (Lipinski definition) is 6. The summed E-state index contributed by atoms with van der Waals surface area (Å²) in [6.07, 6.45) is -0.936. The zero-order valence-electron chi connectivity index (χ0n) is 13.3. The number of nitrogens with zero attached hydrogens (tertiary/aromatic N) is 5. The molecule has 0 N–H and O–H groups in total. The van der Waals surface area contributed by atoms with Crippen LogP contribution >= 0.6 is 0 Å². The number of aromatic nitrogens is 4. The zero-order chi connectivity index (χ0) is 16.4. The lowest BCUT2D eigenvalue weighted by Gasteiger charge is -2.16. The van der Waals surface area contributed by atoms with Gasteiger partial charge in [-0.1, -0.05) is 0 Å². The Labute approximate surface area is 128 Å². The lowest BCUT2D eigenvalue weighted by atomic mass is 10.3. The highest BCUT2D eigenvalue weighted by Crippen LogP contribution is 2.07. The number of esters is 1. The molecule has 1 atom stereocenters. The molecule has 0 aromatic carbocycles. The third-order valence-corrected chi connectivity index (χ3v) is 3.06. The lowest BCUT2D eigenvalue weighted by Crippen LogP contribution is -2.35. The lowest BCUT2D eigenvalue weighted by molar-refractivity contribution is -0.157. The van der Waals surface area contributed by atoms with Gasteiger partial charge in [-0.3, -0.25) is 9.59 Å². The first-order valence-corrected chi connectivity index (χ1v) is 6.88. The van der Waals surface area contributed by atoms with Crippen molar-refractivity contribution in [2.45, 2.75) is 33.3 Å². The van der Waals surface area contributed by atoms with Crippen LogP contribution in [0, 0.1) is 13.8 Å². The second-order valence-electron chi connectivity index (χ2n) is 5.32. The Bertz CT molecular complexity index is 723. The minimum Gasteiger partial charge on any atom is -0.452 e. The Morgan fingerprint density at radius 2 is 2.00 bits per heavy atom. The summed E-state index contributed by atoms with van der Waals surface area (Å²) in [5.74, 6) is -0.0640. The molecule has 0 bridgehead atoms. The molecular weight excluding hydrogens is 286 g/mol. The minimum atomic E-state index is -0.832. The van der Waals surface area contributed by atoms with Gasteiger partial charge in [0.15, 0.2) is 11.9 Å². The van der Waals surface area contributed by atoms with Gasteiger partial charge in [0.1, 0.15) is 6.42 Å². The van der Waals surface area contributed by atoms with Crippen molar-refractivity contribution < 1.29 is 14.3 Å². The van der Waals surface area contributed by atoms with Gasteiger partial charge in [-0.25, -0.2) is 9.50 Å². The number of aryl methyl sites for hydroxylation is 2. The van der Waals surface area contributed by atoms with Crippen molar-refractivity contribution in [2.24, 2.45) is 0 Å². The van der Waals surface area contributed by atoms with Crippen molar-refractivity contribution >= 4 is 17.7 Å². The Morgan fingerprint density at radius 1 is 1.32 bits per heavy atom. The smallest absolute Gasteiger partial charge is 0.314 e. The monoisotopic (exact) mass is 305 g/mol. The van der Waals surface area contributed by atoms with Crippen LogP contribution in [0.25, 0.3) is 5.78 Å². The largest absolute Gasteiger partial charge is 0.452 e. The maximum atomic E-state index is 11.9. The van der Waals surface area contributed by atoms with E-state index in [-0.39, 0.29) is 12.3 Å². The summed E-state index contributed by atoms with van der Waals surface area (Å²) in [5, 5.41) is 4.23. The molecule has 2 heterocycles. The van der Waals surface area contributed by atoms with Crippen molar-refractivity contribution in [3.05, 3.63) is 23.3 Å². The molecular formula is C14H19N5O3. The van der Waals surface area contributed by atoms with Crippen molar-refractivity contribution in [1.29, 1.82) is 0 Å². The van der Waals surface area contributed by atoms with Crippen molar-refractivity contribution in [1.82, 2.24) is 24.5 Å². The fourth-order valence-corrected chi connectivity index (χ4v) is 2.06. The first kappa shape index (κ1) is 15.9. The van der Waals surface area contributed by atoms with E-state index in [2.05, 4.69) is 15.1 Å². The summed E-state index contributed by atoms with van der Waals surface area (Å²) in [6, 6.07) is 1.88. The van der Waals surface area contributed by atoms with Gasteiger partial charge < -0.3 is 9.64 Å². The molecule has 0 aliphatic heterocycles. The molecule has 1 amide bonds. The molecule has 1 unspecified atom stereocenters. The van der Waals surface area contributed by atoms with E-state index in [1.54, 1.807) is 18.6 Å².